The van der Waals surface area contributed by atoms with Crippen LogP contribution in [0.15, 0.2) is 36.4 Å². The third-order valence-electron chi connectivity index (χ3n) is 4.24. The summed E-state index contributed by atoms with van der Waals surface area (Å²) in [5.74, 6) is 0.104. The van der Waals surface area contributed by atoms with Crippen molar-refractivity contribution in [2.24, 2.45) is 0 Å². The van der Waals surface area contributed by atoms with E-state index in [4.69, 9.17) is 14.2 Å². The van der Waals surface area contributed by atoms with E-state index in [2.05, 4.69) is 0 Å². The number of ether oxygens (including phenoxy) is 3. The third-order valence-corrected chi connectivity index (χ3v) is 4.24. The van der Waals surface area contributed by atoms with E-state index in [0.717, 1.165) is 11.1 Å². The minimum atomic E-state index is -0.736. The van der Waals surface area contributed by atoms with Crippen LogP contribution in [0.5, 0.6) is 17.2 Å². The summed E-state index contributed by atoms with van der Waals surface area (Å²) in [7, 11) is 0. The highest BCUT2D eigenvalue weighted by molar-refractivity contribution is 5.93. The van der Waals surface area contributed by atoms with E-state index in [0.29, 0.717) is 24.6 Å². The van der Waals surface area contributed by atoms with Crippen LogP contribution in [0, 0.1) is 6.92 Å². The molecule has 1 N–H and O–H groups in total. The number of carbonyl (C=O) groups is 2. The molecule has 0 spiro atoms. The number of carbonyl (C=O) groups excluding carboxylic acids is 2. The van der Waals surface area contributed by atoms with Crippen LogP contribution in [0.1, 0.15) is 28.4 Å². The van der Waals surface area contributed by atoms with Crippen LogP contribution in [0.25, 0.3) is 0 Å². The molecular formula is C20H21NO6. The molecule has 7 nitrogen and oxygen atoms in total. The molecule has 27 heavy (non-hydrogen) atoms. The first-order valence-electron chi connectivity index (χ1n) is 8.61. The smallest absolute Gasteiger partial charge is 0.342 e. The van der Waals surface area contributed by atoms with Gasteiger partial charge in [-0.15, -0.1) is 0 Å². The quantitative estimate of drug-likeness (QED) is 0.786. The van der Waals surface area contributed by atoms with E-state index in [9.17, 15) is 14.7 Å². The van der Waals surface area contributed by atoms with Crippen LogP contribution in [0.4, 0.5) is 0 Å². The van der Waals surface area contributed by atoms with Crippen molar-refractivity contribution in [1.82, 2.24) is 4.90 Å². The van der Waals surface area contributed by atoms with Gasteiger partial charge in [-0.25, -0.2) is 4.79 Å². The number of aryl methyl sites for hydroxylation is 1. The predicted octanol–water partition coefficient (Wildman–Crippen LogP) is 2.63. The summed E-state index contributed by atoms with van der Waals surface area (Å²) >= 11 is 0. The molecule has 7 heteroatoms. The number of likely N-dealkylation sites (N-methyl/N-ethyl adjacent to an activating group) is 1. The van der Waals surface area contributed by atoms with Gasteiger partial charge < -0.3 is 24.2 Å². The molecule has 1 aliphatic rings. The fourth-order valence-corrected chi connectivity index (χ4v) is 2.75. The summed E-state index contributed by atoms with van der Waals surface area (Å²) < 4.78 is 15.7. The van der Waals surface area contributed by atoms with Crippen LogP contribution in [-0.4, -0.2) is 41.8 Å². The Morgan fingerprint density at radius 3 is 2.67 bits per heavy atom. The van der Waals surface area contributed by atoms with Crippen molar-refractivity contribution >= 4 is 11.9 Å². The molecule has 0 saturated carbocycles. The van der Waals surface area contributed by atoms with Crippen LogP contribution in [0.3, 0.4) is 0 Å². The van der Waals surface area contributed by atoms with Gasteiger partial charge in [0.2, 0.25) is 6.79 Å². The van der Waals surface area contributed by atoms with E-state index in [1.54, 1.807) is 24.0 Å². The zero-order valence-electron chi connectivity index (χ0n) is 15.2. The highest BCUT2D eigenvalue weighted by Crippen LogP contribution is 2.32. The number of nitrogens with zero attached hydrogens (tertiary/aromatic N) is 1. The van der Waals surface area contributed by atoms with Crippen molar-refractivity contribution in [2.45, 2.75) is 20.4 Å². The molecule has 0 bridgehead atoms. The number of amides is 1. The maximum Gasteiger partial charge on any atom is 0.342 e. The Bertz CT molecular complexity index is 864. The average Bonchev–Trinajstić information content (AvgIpc) is 3.11. The molecule has 3 rings (SSSR count). The van der Waals surface area contributed by atoms with Crippen LogP contribution in [-0.2, 0) is 16.1 Å². The molecular weight excluding hydrogens is 350 g/mol. The van der Waals surface area contributed by atoms with Gasteiger partial charge in [0.1, 0.15) is 11.3 Å². The molecule has 0 saturated heterocycles. The summed E-state index contributed by atoms with van der Waals surface area (Å²) in [6.07, 6.45) is 0. The van der Waals surface area contributed by atoms with E-state index in [1.165, 1.54) is 12.1 Å². The molecule has 1 heterocycles. The van der Waals surface area contributed by atoms with Gasteiger partial charge >= 0.3 is 5.97 Å². The van der Waals surface area contributed by atoms with E-state index >= 15 is 0 Å². The maximum atomic E-state index is 12.4. The number of rotatable bonds is 6. The maximum absolute atomic E-state index is 12.4. The number of esters is 1. The topological polar surface area (TPSA) is 85.3 Å². The minimum Gasteiger partial charge on any atom is -0.507 e. The Morgan fingerprint density at radius 2 is 1.93 bits per heavy atom. The Labute approximate surface area is 157 Å². The highest BCUT2D eigenvalue weighted by atomic mass is 16.7. The lowest BCUT2D eigenvalue weighted by molar-refractivity contribution is -0.134. The number of aromatic hydroxyl groups is 1. The third kappa shape index (κ3) is 4.31. The first-order chi connectivity index (χ1) is 13.0. The molecule has 142 valence electrons. The van der Waals surface area contributed by atoms with Gasteiger partial charge in [0.25, 0.3) is 5.91 Å². The molecule has 2 aromatic rings. The second-order valence-electron chi connectivity index (χ2n) is 6.19. The summed E-state index contributed by atoms with van der Waals surface area (Å²) in [5.41, 5.74) is 1.74. The molecule has 1 amide bonds. The summed E-state index contributed by atoms with van der Waals surface area (Å²) in [4.78, 5) is 26.1. The van der Waals surface area contributed by atoms with Crippen LogP contribution in [0.2, 0.25) is 0 Å². The largest absolute Gasteiger partial charge is 0.507 e. The molecule has 0 fully saturated rings. The lowest BCUT2D eigenvalue weighted by Gasteiger charge is -2.21. The van der Waals surface area contributed by atoms with Crippen molar-refractivity contribution in [2.75, 3.05) is 19.9 Å². The minimum absolute atomic E-state index is 0.0345. The molecule has 0 radical (unpaired) electrons. The van der Waals surface area contributed by atoms with Crippen molar-refractivity contribution in [3.63, 3.8) is 0 Å². The normalized spacial score (nSPS) is 11.9. The van der Waals surface area contributed by atoms with Crippen LogP contribution < -0.4 is 9.47 Å². The number of benzene rings is 2. The summed E-state index contributed by atoms with van der Waals surface area (Å²) in [6.45, 7) is 4.26. The van der Waals surface area contributed by atoms with Crippen LogP contribution >= 0.6 is 0 Å². The lowest BCUT2D eigenvalue weighted by atomic mass is 10.1. The first kappa shape index (κ1) is 18.6. The fourth-order valence-electron chi connectivity index (χ4n) is 2.75. The second kappa shape index (κ2) is 7.99. The monoisotopic (exact) mass is 371 g/mol. The fraction of sp³-hybridized carbons (Fsp3) is 0.300. The summed E-state index contributed by atoms with van der Waals surface area (Å²) in [6, 6.07) is 10.1. The second-order valence-corrected chi connectivity index (χ2v) is 6.19. The molecule has 2 aromatic carbocycles. The van der Waals surface area contributed by atoms with Crippen molar-refractivity contribution in [3.8, 4) is 17.2 Å². The Hall–Kier alpha value is -3.22. The highest BCUT2D eigenvalue weighted by Gasteiger charge is 2.19. The Morgan fingerprint density at radius 1 is 1.15 bits per heavy atom. The average molecular weight is 371 g/mol. The van der Waals surface area contributed by atoms with Gasteiger partial charge in [0.15, 0.2) is 18.1 Å². The van der Waals surface area contributed by atoms with Crippen molar-refractivity contribution < 1.29 is 28.9 Å². The number of hydrogen-bond acceptors (Lipinski definition) is 6. The SMILES string of the molecule is CCN(Cc1ccc2c(c1)OCO2)C(=O)COC(=O)c1ccc(C)cc1O. The molecule has 0 aliphatic carbocycles. The van der Waals surface area contributed by atoms with Gasteiger partial charge in [-0.3, -0.25) is 4.79 Å². The van der Waals surface area contributed by atoms with Gasteiger partial charge in [-0.05, 0) is 49.2 Å². The lowest BCUT2D eigenvalue weighted by Crippen LogP contribution is -2.34. The van der Waals surface area contributed by atoms with Gasteiger partial charge in [-0.2, -0.15) is 0 Å². The number of fused-ring (bicyclic) bond motifs is 1. The molecule has 0 unspecified atom stereocenters. The van der Waals surface area contributed by atoms with Crippen molar-refractivity contribution in [3.05, 3.63) is 53.1 Å². The Balaban J connectivity index is 1.59. The standard InChI is InChI=1S/C20H21NO6/c1-3-21(10-14-5-7-17-18(9-14)27-12-26-17)19(23)11-25-20(24)15-6-4-13(2)8-16(15)22/h4-9,22H,3,10-12H2,1-2H3. The van der Waals surface area contributed by atoms with Crippen molar-refractivity contribution in [1.29, 1.82) is 0 Å². The number of phenols is 1. The number of hydrogen-bond donors (Lipinski definition) is 1. The van der Waals surface area contributed by atoms with E-state index < -0.39 is 12.6 Å². The van der Waals surface area contributed by atoms with Gasteiger partial charge in [0.05, 0.1) is 0 Å². The molecule has 1 aliphatic heterocycles. The number of phenolic OH excluding ortho intramolecular Hbond substituents is 1. The summed E-state index contributed by atoms with van der Waals surface area (Å²) in [5, 5.41) is 9.84. The van der Waals surface area contributed by atoms with E-state index in [-0.39, 0.29) is 24.0 Å². The van der Waals surface area contributed by atoms with Gasteiger partial charge in [-0.1, -0.05) is 12.1 Å². The molecule has 0 aromatic heterocycles. The predicted molar refractivity (Wildman–Crippen MR) is 96.8 cm³/mol. The zero-order chi connectivity index (χ0) is 19.4. The Kier molecular flexibility index (Phi) is 5.49. The van der Waals surface area contributed by atoms with E-state index in [1.807, 2.05) is 19.1 Å². The molecule has 0 atom stereocenters. The van der Waals surface area contributed by atoms with Gasteiger partial charge in [0, 0.05) is 13.1 Å². The first-order valence-corrected chi connectivity index (χ1v) is 8.61. The zero-order valence-corrected chi connectivity index (χ0v) is 15.2.